The highest BCUT2D eigenvalue weighted by molar-refractivity contribution is 6.11. The number of amides is 4. The standard InChI is InChI=1S/C27H30N4O3/c1-17(2)15-22(24(32)28-16-18-9-5-4-6-10-18)31-25(33)27(3)23-20(13-14-30(27)26(31)34)19-11-7-8-12-21(19)29-23/h4-12,17,22,29H,13-16H2,1-3H3,(H,28,32)/t22-,27+/m1/s1. The number of aromatic nitrogens is 1. The maximum Gasteiger partial charge on any atom is 0.328 e. The Hall–Kier alpha value is -3.61. The molecule has 2 aliphatic rings. The van der Waals surface area contributed by atoms with Gasteiger partial charge in [0.05, 0.1) is 5.69 Å². The zero-order valence-corrected chi connectivity index (χ0v) is 19.8. The molecular weight excluding hydrogens is 428 g/mol. The van der Waals surface area contributed by atoms with Gasteiger partial charge in [-0.05, 0) is 42.9 Å². The first-order chi connectivity index (χ1) is 16.3. The number of hydrogen-bond acceptors (Lipinski definition) is 3. The van der Waals surface area contributed by atoms with Crippen LogP contribution < -0.4 is 5.32 Å². The molecule has 3 aromatic rings. The third kappa shape index (κ3) is 3.38. The van der Waals surface area contributed by atoms with Gasteiger partial charge in [-0.1, -0.05) is 62.4 Å². The molecule has 3 heterocycles. The smallest absolute Gasteiger partial charge is 0.328 e. The molecule has 176 valence electrons. The van der Waals surface area contributed by atoms with Gasteiger partial charge in [-0.15, -0.1) is 0 Å². The van der Waals surface area contributed by atoms with Crippen LogP contribution in [0.5, 0.6) is 0 Å². The molecule has 2 aromatic carbocycles. The van der Waals surface area contributed by atoms with Crippen molar-refractivity contribution in [2.75, 3.05) is 6.54 Å². The fourth-order valence-electron chi connectivity index (χ4n) is 5.37. The molecule has 0 radical (unpaired) electrons. The zero-order valence-electron chi connectivity index (χ0n) is 19.8. The summed E-state index contributed by atoms with van der Waals surface area (Å²) in [6.07, 6.45) is 1.07. The lowest BCUT2D eigenvalue weighted by molar-refractivity contribution is -0.140. The SMILES string of the molecule is CC(C)C[C@H](C(=O)NCc1ccccc1)N1C(=O)N2CCc3c([nH]c4ccccc34)[C@@]2(C)C1=O. The number of nitrogens with one attached hydrogen (secondary N) is 2. The summed E-state index contributed by atoms with van der Waals surface area (Å²) >= 11 is 0. The molecule has 0 aliphatic carbocycles. The lowest BCUT2D eigenvalue weighted by atomic mass is 9.87. The van der Waals surface area contributed by atoms with Crippen molar-refractivity contribution in [2.24, 2.45) is 5.92 Å². The Labute approximate surface area is 199 Å². The highest BCUT2D eigenvalue weighted by Crippen LogP contribution is 2.44. The van der Waals surface area contributed by atoms with Gasteiger partial charge in [-0.25, -0.2) is 9.69 Å². The van der Waals surface area contributed by atoms with E-state index in [2.05, 4.69) is 10.3 Å². The van der Waals surface area contributed by atoms with E-state index in [1.165, 1.54) is 4.90 Å². The van der Waals surface area contributed by atoms with Gasteiger partial charge in [0.15, 0.2) is 5.54 Å². The first-order valence-corrected chi connectivity index (χ1v) is 11.9. The Morgan fingerprint density at radius 1 is 1.09 bits per heavy atom. The second kappa shape index (κ2) is 8.31. The predicted octanol–water partition coefficient (Wildman–Crippen LogP) is 3.93. The quantitative estimate of drug-likeness (QED) is 0.549. The molecule has 34 heavy (non-hydrogen) atoms. The highest BCUT2D eigenvalue weighted by atomic mass is 16.2. The Balaban J connectivity index is 1.49. The number of imide groups is 1. The number of nitrogens with zero attached hydrogens (tertiary/aromatic N) is 2. The minimum absolute atomic E-state index is 0.127. The second-order valence-corrected chi connectivity index (χ2v) is 9.80. The van der Waals surface area contributed by atoms with E-state index in [0.717, 1.165) is 27.7 Å². The summed E-state index contributed by atoms with van der Waals surface area (Å²) in [6, 6.07) is 16.3. The van der Waals surface area contributed by atoms with Crippen LogP contribution in [0.4, 0.5) is 4.79 Å². The number of carbonyl (C=O) groups excluding carboxylic acids is 3. The molecular formula is C27H30N4O3. The van der Waals surface area contributed by atoms with Crippen LogP contribution in [0.3, 0.4) is 0 Å². The van der Waals surface area contributed by atoms with Crippen LogP contribution in [0.15, 0.2) is 54.6 Å². The summed E-state index contributed by atoms with van der Waals surface area (Å²) in [6.45, 7) is 6.57. The lowest BCUT2D eigenvalue weighted by Gasteiger charge is -2.36. The maximum atomic E-state index is 14.0. The monoisotopic (exact) mass is 458 g/mol. The average Bonchev–Trinajstić information content (AvgIpc) is 3.30. The number of para-hydroxylation sites is 1. The van der Waals surface area contributed by atoms with Crippen molar-refractivity contribution in [3.05, 3.63) is 71.4 Å². The molecule has 7 heteroatoms. The second-order valence-electron chi connectivity index (χ2n) is 9.80. The van der Waals surface area contributed by atoms with Crippen LogP contribution in [-0.4, -0.2) is 45.2 Å². The third-order valence-corrected chi connectivity index (χ3v) is 7.12. The molecule has 1 saturated heterocycles. The van der Waals surface area contributed by atoms with E-state index in [4.69, 9.17) is 0 Å². The van der Waals surface area contributed by atoms with Gasteiger partial charge in [-0.2, -0.15) is 0 Å². The van der Waals surface area contributed by atoms with Crippen molar-refractivity contribution < 1.29 is 14.4 Å². The van der Waals surface area contributed by atoms with E-state index in [0.29, 0.717) is 25.9 Å². The molecule has 0 unspecified atom stereocenters. The lowest BCUT2D eigenvalue weighted by Crippen LogP contribution is -2.51. The maximum absolute atomic E-state index is 14.0. The first-order valence-electron chi connectivity index (χ1n) is 11.9. The summed E-state index contributed by atoms with van der Waals surface area (Å²) < 4.78 is 0. The summed E-state index contributed by atoms with van der Waals surface area (Å²) in [5, 5.41) is 4.03. The van der Waals surface area contributed by atoms with Gasteiger partial charge in [-0.3, -0.25) is 9.59 Å². The Morgan fingerprint density at radius 3 is 2.53 bits per heavy atom. The molecule has 7 nitrogen and oxygen atoms in total. The highest BCUT2D eigenvalue weighted by Gasteiger charge is 2.60. The van der Waals surface area contributed by atoms with Crippen molar-refractivity contribution in [1.29, 1.82) is 0 Å². The molecule has 4 amide bonds. The molecule has 0 spiro atoms. The Kier molecular flexibility index (Phi) is 5.42. The summed E-state index contributed by atoms with van der Waals surface area (Å²) in [7, 11) is 0. The molecule has 2 atom stereocenters. The topological polar surface area (TPSA) is 85.5 Å². The van der Waals surface area contributed by atoms with Crippen molar-refractivity contribution in [3.8, 4) is 0 Å². The molecule has 2 aliphatic heterocycles. The first kappa shape index (κ1) is 22.2. The number of H-pyrrole nitrogens is 1. The number of carbonyl (C=O) groups is 3. The fraction of sp³-hybridized carbons (Fsp3) is 0.370. The van der Waals surface area contributed by atoms with Crippen LogP contribution in [0.2, 0.25) is 0 Å². The van der Waals surface area contributed by atoms with Crippen LogP contribution in [0.1, 0.15) is 44.0 Å². The van der Waals surface area contributed by atoms with E-state index in [9.17, 15) is 14.4 Å². The van der Waals surface area contributed by atoms with E-state index < -0.39 is 17.6 Å². The molecule has 5 rings (SSSR count). The van der Waals surface area contributed by atoms with Crippen LogP contribution in [0, 0.1) is 5.92 Å². The van der Waals surface area contributed by atoms with Gasteiger partial charge in [0.1, 0.15) is 6.04 Å². The average molecular weight is 459 g/mol. The van der Waals surface area contributed by atoms with E-state index >= 15 is 0 Å². The predicted molar refractivity (Wildman–Crippen MR) is 130 cm³/mol. The zero-order chi connectivity index (χ0) is 24.0. The number of aromatic amines is 1. The number of urea groups is 1. The normalized spacial score (nSPS) is 20.6. The van der Waals surface area contributed by atoms with E-state index in [1.54, 1.807) is 11.8 Å². The largest absolute Gasteiger partial charge is 0.356 e. The van der Waals surface area contributed by atoms with Gasteiger partial charge in [0, 0.05) is 24.0 Å². The van der Waals surface area contributed by atoms with Gasteiger partial charge >= 0.3 is 6.03 Å². The van der Waals surface area contributed by atoms with Crippen molar-refractivity contribution in [2.45, 2.75) is 51.7 Å². The van der Waals surface area contributed by atoms with Crippen LogP contribution in [-0.2, 0) is 28.1 Å². The van der Waals surface area contributed by atoms with Gasteiger partial charge < -0.3 is 15.2 Å². The number of rotatable bonds is 6. The number of fused-ring (bicyclic) bond motifs is 5. The molecule has 0 saturated carbocycles. The summed E-state index contributed by atoms with van der Waals surface area (Å²) in [4.78, 5) is 47.2. The summed E-state index contributed by atoms with van der Waals surface area (Å²) in [5.74, 6) is -0.521. The van der Waals surface area contributed by atoms with Crippen LogP contribution >= 0.6 is 0 Å². The molecule has 1 aromatic heterocycles. The molecule has 2 N–H and O–H groups in total. The van der Waals surface area contributed by atoms with Gasteiger partial charge in [0.25, 0.3) is 5.91 Å². The van der Waals surface area contributed by atoms with Crippen molar-refractivity contribution in [1.82, 2.24) is 20.1 Å². The molecule has 0 bridgehead atoms. The molecule has 1 fully saturated rings. The van der Waals surface area contributed by atoms with E-state index in [-0.39, 0.29) is 17.7 Å². The minimum Gasteiger partial charge on any atom is -0.356 e. The van der Waals surface area contributed by atoms with E-state index in [1.807, 2.05) is 68.4 Å². The summed E-state index contributed by atoms with van der Waals surface area (Å²) in [5.41, 5.74) is 2.59. The van der Waals surface area contributed by atoms with Crippen molar-refractivity contribution >= 4 is 28.7 Å². The number of hydrogen-bond donors (Lipinski definition) is 2. The van der Waals surface area contributed by atoms with Crippen molar-refractivity contribution in [3.63, 3.8) is 0 Å². The Bertz CT molecular complexity index is 1270. The Morgan fingerprint density at radius 2 is 1.79 bits per heavy atom. The van der Waals surface area contributed by atoms with Gasteiger partial charge in [0.2, 0.25) is 5.91 Å². The van der Waals surface area contributed by atoms with Crippen LogP contribution in [0.25, 0.3) is 10.9 Å². The third-order valence-electron chi connectivity index (χ3n) is 7.12. The number of benzene rings is 2. The minimum atomic E-state index is -1.15. The fourth-order valence-corrected chi connectivity index (χ4v) is 5.37.